The number of carbonyl (C=O) groups excluding carboxylic acids is 1. The van der Waals surface area contributed by atoms with Crippen LogP contribution in [0.4, 0.5) is 0 Å². The predicted octanol–water partition coefficient (Wildman–Crippen LogP) is 4.78. The van der Waals surface area contributed by atoms with Crippen LogP contribution in [0, 0.1) is 0 Å². The lowest BCUT2D eigenvalue weighted by Crippen LogP contribution is -2.24. The lowest BCUT2D eigenvalue weighted by atomic mass is 10.0. The smallest absolute Gasteiger partial charge is 0.307 e. The maximum atomic E-state index is 11.9. The van der Waals surface area contributed by atoms with E-state index >= 15 is 0 Å². The van der Waals surface area contributed by atoms with Crippen LogP contribution >= 0.6 is 23.2 Å². The van der Waals surface area contributed by atoms with E-state index in [1.807, 2.05) is 36.4 Å². The van der Waals surface area contributed by atoms with Gasteiger partial charge >= 0.3 is 5.97 Å². The SMILES string of the molecule is CCOC(=O)CC(NCc1ccccc1)c1ccc(Cl)cc1Cl. The molecular formula is C18H19Cl2NO2. The fraction of sp³-hybridized carbons (Fsp3) is 0.278. The average Bonchev–Trinajstić information content (AvgIpc) is 2.53. The van der Waals surface area contributed by atoms with E-state index in [0.29, 0.717) is 23.2 Å². The molecule has 0 saturated carbocycles. The Labute approximate surface area is 146 Å². The summed E-state index contributed by atoms with van der Waals surface area (Å²) in [6, 6.07) is 15.0. The predicted molar refractivity (Wildman–Crippen MR) is 93.7 cm³/mol. The van der Waals surface area contributed by atoms with Crippen molar-refractivity contribution in [1.82, 2.24) is 5.32 Å². The maximum Gasteiger partial charge on any atom is 0.307 e. The van der Waals surface area contributed by atoms with Gasteiger partial charge in [0.2, 0.25) is 0 Å². The van der Waals surface area contributed by atoms with Gasteiger partial charge in [-0.2, -0.15) is 0 Å². The minimum absolute atomic E-state index is 0.210. The van der Waals surface area contributed by atoms with Gasteiger partial charge in [-0.3, -0.25) is 4.79 Å². The molecule has 2 aromatic carbocycles. The van der Waals surface area contributed by atoms with E-state index in [4.69, 9.17) is 27.9 Å². The van der Waals surface area contributed by atoms with Crippen LogP contribution in [0.1, 0.15) is 30.5 Å². The zero-order valence-electron chi connectivity index (χ0n) is 12.9. The summed E-state index contributed by atoms with van der Waals surface area (Å²) in [7, 11) is 0. The molecule has 0 bridgehead atoms. The van der Waals surface area contributed by atoms with Gasteiger partial charge in [0, 0.05) is 22.6 Å². The van der Waals surface area contributed by atoms with E-state index in [9.17, 15) is 4.79 Å². The molecule has 2 aromatic rings. The van der Waals surface area contributed by atoms with Gasteiger partial charge in [0.1, 0.15) is 0 Å². The van der Waals surface area contributed by atoms with E-state index in [0.717, 1.165) is 11.1 Å². The van der Waals surface area contributed by atoms with Gasteiger partial charge in [-0.05, 0) is 30.2 Å². The van der Waals surface area contributed by atoms with E-state index in [1.54, 1.807) is 19.1 Å². The van der Waals surface area contributed by atoms with E-state index in [2.05, 4.69) is 5.32 Å². The molecule has 0 amide bonds. The molecule has 0 saturated heterocycles. The van der Waals surface area contributed by atoms with Gasteiger partial charge in [-0.25, -0.2) is 0 Å². The molecule has 0 aromatic heterocycles. The lowest BCUT2D eigenvalue weighted by molar-refractivity contribution is -0.143. The second-order valence-corrected chi connectivity index (χ2v) is 5.94. The van der Waals surface area contributed by atoms with Crippen molar-refractivity contribution in [3.8, 4) is 0 Å². The first-order chi connectivity index (χ1) is 11.1. The maximum absolute atomic E-state index is 11.9. The Kier molecular flexibility index (Phi) is 6.90. The molecule has 0 heterocycles. The highest BCUT2D eigenvalue weighted by molar-refractivity contribution is 6.35. The summed E-state index contributed by atoms with van der Waals surface area (Å²) in [6.07, 6.45) is 0.210. The summed E-state index contributed by atoms with van der Waals surface area (Å²) in [4.78, 5) is 11.9. The third kappa shape index (κ3) is 5.54. The molecule has 0 aliphatic carbocycles. The molecule has 1 atom stereocenters. The number of halogens is 2. The summed E-state index contributed by atoms with van der Waals surface area (Å²) < 4.78 is 5.06. The van der Waals surface area contributed by atoms with Crippen molar-refractivity contribution in [2.45, 2.75) is 25.9 Å². The second kappa shape index (κ2) is 8.92. The van der Waals surface area contributed by atoms with E-state index in [-0.39, 0.29) is 18.4 Å². The molecule has 0 aliphatic heterocycles. The Morgan fingerprint density at radius 3 is 2.57 bits per heavy atom. The zero-order valence-corrected chi connectivity index (χ0v) is 14.4. The molecule has 5 heteroatoms. The van der Waals surface area contributed by atoms with Crippen molar-refractivity contribution in [2.75, 3.05) is 6.61 Å². The van der Waals surface area contributed by atoms with Gasteiger partial charge in [-0.15, -0.1) is 0 Å². The van der Waals surface area contributed by atoms with Crippen LogP contribution in [-0.2, 0) is 16.1 Å². The molecule has 2 rings (SSSR count). The zero-order chi connectivity index (χ0) is 16.7. The monoisotopic (exact) mass is 351 g/mol. The Balaban J connectivity index is 2.15. The number of benzene rings is 2. The van der Waals surface area contributed by atoms with Crippen LogP contribution < -0.4 is 5.32 Å². The van der Waals surface area contributed by atoms with Crippen molar-refractivity contribution in [2.24, 2.45) is 0 Å². The number of nitrogens with one attached hydrogen (secondary N) is 1. The summed E-state index contributed by atoms with van der Waals surface area (Å²) in [5, 5.41) is 4.47. The van der Waals surface area contributed by atoms with Gasteiger partial charge in [-0.1, -0.05) is 59.6 Å². The molecule has 122 valence electrons. The topological polar surface area (TPSA) is 38.3 Å². The molecule has 1 unspecified atom stereocenters. The van der Waals surface area contributed by atoms with Crippen molar-refractivity contribution in [1.29, 1.82) is 0 Å². The highest BCUT2D eigenvalue weighted by atomic mass is 35.5. The second-order valence-electron chi connectivity index (χ2n) is 5.09. The van der Waals surface area contributed by atoms with Crippen molar-refractivity contribution in [3.05, 3.63) is 69.7 Å². The third-order valence-corrected chi connectivity index (χ3v) is 3.97. The van der Waals surface area contributed by atoms with Crippen molar-refractivity contribution in [3.63, 3.8) is 0 Å². The molecule has 0 radical (unpaired) electrons. The Bertz CT molecular complexity index is 647. The minimum atomic E-state index is -0.260. The molecule has 3 nitrogen and oxygen atoms in total. The minimum Gasteiger partial charge on any atom is -0.466 e. The Morgan fingerprint density at radius 2 is 1.91 bits per heavy atom. The molecule has 0 aliphatic rings. The van der Waals surface area contributed by atoms with Crippen LogP contribution in [0.3, 0.4) is 0 Å². The van der Waals surface area contributed by atoms with Gasteiger partial charge < -0.3 is 10.1 Å². The van der Waals surface area contributed by atoms with Gasteiger partial charge in [0.15, 0.2) is 0 Å². The fourth-order valence-electron chi connectivity index (χ4n) is 2.30. The molecule has 0 spiro atoms. The van der Waals surface area contributed by atoms with Crippen molar-refractivity contribution < 1.29 is 9.53 Å². The number of esters is 1. The van der Waals surface area contributed by atoms with E-state index in [1.165, 1.54) is 0 Å². The fourth-order valence-corrected chi connectivity index (χ4v) is 2.84. The summed E-state index contributed by atoms with van der Waals surface area (Å²) in [6.45, 7) is 2.78. The first kappa shape index (κ1) is 17.8. The van der Waals surface area contributed by atoms with Crippen LogP contribution in [0.5, 0.6) is 0 Å². The lowest BCUT2D eigenvalue weighted by Gasteiger charge is -2.20. The summed E-state index contributed by atoms with van der Waals surface area (Å²) in [5.74, 6) is -0.260. The third-order valence-electron chi connectivity index (χ3n) is 3.41. The molecular weight excluding hydrogens is 333 g/mol. The highest BCUT2D eigenvalue weighted by Crippen LogP contribution is 2.28. The standard InChI is InChI=1S/C18H19Cl2NO2/c1-2-23-18(22)11-17(15-9-8-14(19)10-16(15)20)21-12-13-6-4-3-5-7-13/h3-10,17,21H,2,11-12H2,1H3. The van der Waals surface area contributed by atoms with Crippen LogP contribution in [0.15, 0.2) is 48.5 Å². The Hall–Kier alpha value is -1.55. The number of hydrogen-bond acceptors (Lipinski definition) is 3. The summed E-state index contributed by atoms with van der Waals surface area (Å²) in [5.41, 5.74) is 1.96. The van der Waals surface area contributed by atoms with Crippen LogP contribution in [-0.4, -0.2) is 12.6 Å². The number of rotatable bonds is 7. The average molecular weight is 352 g/mol. The summed E-state index contributed by atoms with van der Waals surface area (Å²) >= 11 is 12.2. The van der Waals surface area contributed by atoms with Crippen LogP contribution in [0.2, 0.25) is 10.0 Å². The highest BCUT2D eigenvalue weighted by Gasteiger charge is 2.19. The van der Waals surface area contributed by atoms with Gasteiger partial charge in [0.05, 0.1) is 13.0 Å². The Morgan fingerprint density at radius 1 is 1.17 bits per heavy atom. The molecule has 0 fully saturated rings. The largest absolute Gasteiger partial charge is 0.466 e. The molecule has 23 heavy (non-hydrogen) atoms. The normalized spacial score (nSPS) is 12.0. The number of ether oxygens (including phenoxy) is 1. The number of hydrogen-bond donors (Lipinski definition) is 1. The first-order valence-electron chi connectivity index (χ1n) is 7.48. The van der Waals surface area contributed by atoms with Crippen LogP contribution in [0.25, 0.3) is 0 Å². The van der Waals surface area contributed by atoms with Gasteiger partial charge in [0.25, 0.3) is 0 Å². The van der Waals surface area contributed by atoms with Crippen molar-refractivity contribution >= 4 is 29.2 Å². The quantitative estimate of drug-likeness (QED) is 0.729. The molecule has 1 N–H and O–H groups in total. The first-order valence-corrected chi connectivity index (χ1v) is 8.23. The van der Waals surface area contributed by atoms with E-state index < -0.39 is 0 Å². The number of carbonyl (C=O) groups is 1.